The zero-order valence-electron chi connectivity index (χ0n) is 7.63. The van der Waals surface area contributed by atoms with Crippen LogP contribution in [0.25, 0.3) is 0 Å². The molecule has 2 bridgehead atoms. The molecule has 3 aliphatic carbocycles. The molecule has 74 valence electrons. The van der Waals surface area contributed by atoms with E-state index in [2.05, 4.69) is 9.97 Å². The second kappa shape index (κ2) is 2.45. The Morgan fingerprint density at radius 3 is 2.64 bits per heavy atom. The summed E-state index contributed by atoms with van der Waals surface area (Å²) in [4.78, 5) is 8.04. The van der Waals surface area contributed by atoms with E-state index in [4.69, 9.17) is 11.6 Å². The SMILES string of the molecule is FC12CCC(c3cc(Cl)ncn3)(C1)C2. The smallest absolute Gasteiger partial charge is 0.132 e. The van der Waals surface area contributed by atoms with Crippen molar-refractivity contribution in [2.24, 2.45) is 0 Å². The summed E-state index contributed by atoms with van der Waals surface area (Å²) >= 11 is 5.79. The molecule has 0 aliphatic heterocycles. The van der Waals surface area contributed by atoms with Gasteiger partial charge in [0, 0.05) is 5.41 Å². The van der Waals surface area contributed by atoms with Crippen molar-refractivity contribution in [1.82, 2.24) is 9.97 Å². The standard InChI is InChI=1S/C10H10ClFN2/c11-8-3-7(13-6-14-8)9-1-2-10(12,4-9)5-9/h3,6H,1-2,4-5H2. The fraction of sp³-hybridized carbons (Fsp3) is 0.600. The van der Waals surface area contributed by atoms with Crippen LogP contribution in [0.5, 0.6) is 0 Å². The number of nitrogens with zero attached hydrogens (tertiary/aromatic N) is 2. The summed E-state index contributed by atoms with van der Waals surface area (Å²) in [6.07, 6.45) is 4.27. The molecule has 14 heavy (non-hydrogen) atoms. The molecule has 0 atom stereocenters. The number of alkyl halides is 1. The molecule has 1 heterocycles. The largest absolute Gasteiger partial charge is 0.244 e. The first-order valence-electron chi connectivity index (χ1n) is 4.79. The van der Waals surface area contributed by atoms with Crippen LogP contribution in [0.3, 0.4) is 0 Å². The molecule has 0 unspecified atom stereocenters. The van der Waals surface area contributed by atoms with Crippen LogP contribution in [0.4, 0.5) is 4.39 Å². The van der Waals surface area contributed by atoms with Crippen molar-refractivity contribution < 1.29 is 4.39 Å². The number of aromatic nitrogens is 2. The lowest BCUT2D eigenvalue weighted by atomic mass is 9.66. The first-order chi connectivity index (χ1) is 6.62. The Morgan fingerprint density at radius 2 is 2.07 bits per heavy atom. The van der Waals surface area contributed by atoms with E-state index in [9.17, 15) is 4.39 Å². The molecular weight excluding hydrogens is 203 g/mol. The van der Waals surface area contributed by atoms with Gasteiger partial charge >= 0.3 is 0 Å². The monoisotopic (exact) mass is 212 g/mol. The Hall–Kier alpha value is -0.700. The van der Waals surface area contributed by atoms with Gasteiger partial charge in [0.05, 0.1) is 5.69 Å². The molecule has 4 heteroatoms. The maximum absolute atomic E-state index is 13.6. The van der Waals surface area contributed by atoms with Crippen LogP contribution in [-0.2, 0) is 5.41 Å². The van der Waals surface area contributed by atoms with Gasteiger partial charge in [0.25, 0.3) is 0 Å². The van der Waals surface area contributed by atoms with E-state index in [-0.39, 0.29) is 5.41 Å². The summed E-state index contributed by atoms with van der Waals surface area (Å²) in [5, 5.41) is 0.452. The highest BCUT2D eigenvalue weighted by Crippen LogP contribution is 2.63. The number of hydrogen-bond donors (Lipinski definition) is 0. The number of rotatable bonds is 1. The number of halogens is 2. The highest BCUT2D eigenvalue weighted by Gasteiger charge is 2.62. The lowest BCUT2D eigenvalue weighted by molar-refractivity contribution is 0.0511. The third-order valence-corrected chi connectivity index (χ3v) is 3.75. The normalized spacial score (nSPS) is 39.6. The number of hydrogen-bond acceptors (Lipinski definition) is 2. The van der Waals surface area contributed by atoms with Crippen LogP contribution in [0.15, 0.2) is 12.4 Å². The van der Waals surface area contributed by atoms with Crippen molar-refractivity contribution in [1.29, 1.82) is 0 Å². The third-order valence-electron chi connectivity index (χ3n) is 3.54. The van der Waals surface area contributed by atoms with E-state index in [1.165, 1.54) is 6.33 Å². The average molecular weight is 213 g/mol. The van der Waals surface area contributed by atoms with Crippen LogP contribution < -0.4 is 0 Å². The summed E-state index contributed by atoms with van der Waals surface area (Å²) in [5.74, 6) is 0. The quantitative estimate of drug-likeness (QED) is 0.669. The maximum Gasteiger partial charge on any atom is 0.132 e. The van der Waals surface area contributed by atoms with Crippen LogP contribution >= 0.6 is 11.6 Å². The maximum atomic E-state index is 13.6. The molecule has 1 aromatic rings. The van der Waals surface area contributed by atoms with Crippen molar-refractivity contribution in [3.8, 4) is 0 Å². The van der Waals surface area contributed by atoms with Crippen LogP contribution in [0.1, 0.15) is 31.4 Å². The Bertz CT molecular complexity index is 387. The molecular formula is C10H10ClFN2. The molecule has 0 radical (unpaired) electrons. The summed E-state index contributed by atoms with van der Waals surface area (Å²) in [6, 6.07) is 1.77. The predicted octanol–water partition coefficient (Wildman–Crippen LogP) is 2.66. The zero-order valence-corrected chi connectivity index (χ0v) is 8.39. The Labute approximate surface area is 86.5 Å². The number of fused-ring (bicyclic) bond motifs is 1. The van der Waals surface area contributed by atoms with E-state index in [1.807, 2.05) is 0 Å². The molecule has 2 nitrogen and oxygen atoms in total. The minimum atomic E-state index is -0.905. The predicted molar refractivity (Wildman–Crippen MR) is 51.0 cm³/mol. The van der Waals surface area contributed by atoms with Crippen LogP contribution in [-0.4, -0.2) is 15.6 Å². The van der Waals surface area contributed by atoms with Gasteiger partial charge in [-0.05, 0) is 31.7 Å². The zero-order chi connectivity index (χ0) is 9.81. The Balaban J connectivity index is 1.98. The van der Waals surface area contributed by atoms with Crippen molar-refractivity contribution in [2.45, 2.75) is 36.8 Å². The highest BCUT2D eigenvalue weighted by atomic mass is 35.5. The van der Waals surface area contributed by atoms with Gasteiger partial charge < -0.3 is 0 Å². The van der Waals surface area contributed by atoms with E-state index in [1.54, 1.807) is 6.07 Å². The molecule has 0 saturated heterocycles. The van der Waals surface area contributed by atoms with Gasteiger partial charge in [-0.3, -0.25) is 0 Å². The summed E-state index contributed by atoms with van der Waals surface area (Å²) < 4.78 is 13.6. The first kappa shape index (κ1) is 8.60. The van der Waals surface area contributed by atoms with E-state index < -0.39 is 5.67 Å². The molecule has 3 aliphatic rings. The lowest BCUT2D eigenvalue weighted by Gasteiger charge is -2.41. The van der Waals surface area contributed by atoms with Gasteiger partial charge in [0.1, 0.15) is 17.1 Å². The molecule has 4 rings (SSSR count). The highest BCUT2D eigenvalue weighted by molar-refractivity contribution is 6.29. The van der Waals surface area contributed by atoms with Gasteiger partial charge in [-0.2, -0.15) is 0 Å². The van der Waals surface area contributed by atoms with Crippen LogP contribution in [0.2, 0.25) is 5.15 Å². The molecule has 1 aromatic heterocycles. The molecule has 0 N–H and O–H groups in total. The van der Waals surface area contributed by atoms with Crippen molar-refractivity contribution in [3.63, 3.8) is 0 Å². The van der Waals surface area contributed by atoms with Gasteiger partial charge in [0.15, 0.2) is 0 Å². The second-order valence-electron chi connectivity index (χ2n) is 4.51. The molecule has 0 spiro atoms. The lowest BCUT2D eigenvalue weighted by Crippen LogP contribution is -2.43. The van der Waals surface area contributed by atoms with E-state index in [0.717, 1.165) is 12.1 Å². The summed E-state index contributed by atoms with van der Waals surface area (Å²) in [6.45, 7) is 0. The molecule has 3 fully saturated rings. The fourth-order valence-electron chi connectivity index (χ4n) is 2.91. The fourth-order valence-corrected chi connectivity index (χ4v) is 3.06. The molecule has 0 aromatic carbocycles. The average Bonchev–Trinajstić information content (AvgIpc) is 2.59. The van der Waals surface area contributed by atoms with Crippen molar-refractivity contribution in [2.75, 3.05) is 0 Å². The van der Waals surface area contributed by atoms with E-state index in [0.29, 0.717) is 24.4 Å². The minimum Gasteiger partial charge on any atom is -0.244 e. The minimum absolute atomic E-state index is 0.0265. The summed E-state index contributed by atoms with van der Waals surface area (Å²) in [7, 11) is 0. The topological polar surface area (TPSA) is 25.8 Å². The van der Waals surface area contributed by atoms with Gasteiger partial charge in [-0.15, -0.1) is 0 Å². The molecule has 3 saturated carbocycles. The molecule has 0 amide bonds. The van der Waals surface area contributed by atoms with E-state index >= 15 is 0 Å². The summed E-state index contributed by atoms with van der Waals surface area (Å²) in [5.41, 5.74) is -0.0121. The Morgan fingerprint density at radius 1 is 1.29 bits per heavy atom. The van der Waals surface area contributed by atoms with Gasteiger partial charge in [0.2, 0.25) is 0 Å². The van der Waals surface area contributed by atoms with Crippen molar-refractivity contribution >= 4 is 11.6 Å². The first-order valence-corrected chi connectivity index (χ1v) is 5.17. The second-order valence-corrected chi connectivity index (χ2v) is 4.90. The van der Waals surface area contributed by atoms with Crippen molar-refractivity contribution in [3.05, 3.63) is 23.2 Å². The Kier molecular flexibility index (Phi) is 1.51. The third kappa shape index (κ3) is 1.02. The van der Waals surface area contributed by atoms with Crippen LogP contribution in [0, 0.1) is 0 Å². The van der Waals surface area contributed by atoms with Gasteiger partial charge in [-0.1, -0.05) is 11.6 Å². The van der Waals surface area contributed by atoms with Gasteiger partial charge in [-0.25, -0.2) is 14.4 Å².